The van der Waals surface area contributed by atoms with Gasteiger partial charge < -0.3 is 4.57 Å². The molecule has 31 heavy (non-hydrogen) atoms. The maximum absolute atomic E-state index is 5.07. The molecule has 0 spiro atoms. The fraction of sp³-hybridized carbons (Fsp3) is 0.345. The third kappa shape index (κ3) is 2.81. The lowest BCUT2D eigenvalue weighted by atomic mass is 9.54. The number of hydrogen-bond donors (Lipinski definition) is 0. The number of benzene rings is 3. The van der Waals surface area contributed by atoms with Gasteiger partial charge in [0.05, 0.1) is 11.9 Å². The minimum atomic E-state index is 0.590. The van der Waals surface area contributed by atoms with Crippen LogP contribution in [0.2, 0.25) is 0 Å². The van der Waals surface area contributed by atoms with Crippen molar-refractivity contribution in [1.29, 1.82) is 0 Å². The lowest BCUT2D eigenvalue weighted by Gasteiger charge is -2.55. The van der Waals surface area contributed by atoms with Crippen molar-refractivity contribution < 1.29 is 0 Å². The van der Waals surface area contributed by atoms with Crippen LogP contribution in [-0.4, -0.2) is 9.55 Å². The molecule has 8 rings (SSSR count). The Hall–Kier alpha value is -2.87. The van der Waals surface area contributed by atoms with Gasteiger partial charge in [-0.05, 0) is 78.2 Å². The average Bonchev–Trinajstić information content (AvgIpc) is 3.23. The van der Waals surface area contributed by atoms with Crippen LogP contribution >= 0.6 is 0 Å². The van der Waals surface area contributed by atoms with Crippen LogP contribution in [0.15, 0.2) is 79.0 Å². The SMILES string of the molecule is c1ccc(-c2cnc(-c3ccc4ccccc4c3)n2C2C3CC4CC(C3)CC2C4)cc1. The summed E-state index contributed by atoms with van der Waals surface area (Å²) in [6.45, 7) is 0. The highest BCUT2D eigenvalue weighted by molar-refractivity contribution is 5.86. The predicted octanol–water partition coefficient (Wildman–Crippen LogP) is 7.37. The van der Waals surface area contributed by atoms with E-state index < -0.39 is 0 Å². The minimum Gasteiger partial charge on any atom is -0.320 e. The average molecular weight is 405 g/mol. The fourth-order valence-corrected chi connectivity index (χ4v) is 7.35. The van der Waals surface area contributed by atoms with Crippen LogP contribution in [0.4, 0.5) is 0 Å². The van der Waals surface area contributed by atoms with Crippen molar-refractivity contribution in [3.8, 4) is 22.6 Å². The summed E-state index contributed by atoms with van der Waals surface area (Å²) < 4.78 is 2.66. The van der Waals surface area contributed by atoms with Crippen molar-refractivity contribution in [2.75, 3.05) is 0 Å². The summed E-state index contributed by atoms with van der Waals surface area (Å²) in [5.41, 5.74) is 3.83. The molecule has 4 aliphatic rings. The van der Waals surface area contributed by atoms with E-state index in [2.05, 4.69) is 83.6 Å². The predicted molar refractivity (Wildman–Crippen MR) is 127 cm³/mol. The smallest absolute Gasteiger partial charge is 0.140 e. The molecule has 3 aromatic carbocycles. The van der Waals surface area contributed by atoms with Crippen molar-refractivity contribution in [3.05, 3.63) is 79.0 Å². The molecule has 0 atom stereocenters. The van der Waals surface area contributed by atoms with Crippen LogP contribution in [0.5, 0.6) is 0 Å². The molecule has 154 valence electrons. The Kier molecular flexibility index (Phi) is 3.91. The summed E-state index contributed by atoms with van der Waals surface area (Å²) in [6.07, 6.45) is 9.29. The van der Waals surface area contributed by atoms with E-state index in [0.29, 0.717) is 6.04 Å². The molecule has 0 N–H and O–H groups in total. The van der Waals surface area contributed by atoms with Crippen molar-refractivity contribution >= 4 is 10.8 Å². The van der Waals surface area contributed by atoms with E-state index in [1.807, 2.05) is 0 Å². The monoisotopic (exact) mass is 404 g/mol. The highest BCUT2D eigenvalue weighted by Gasteiger charge is 2.49. The molecule has 4 fully saturated rings. The van der Waals surface area contributed by atoms with Gasteiger partial charge in [-0.15, -0.1) is 0 Å². The summed E-state index contributed by atoms with van der Waals surface area (Å²) in [4.78, 5) is 5.07. The molecule has 0 aliphatic heterocycles. The maximum atomic E-state index is 5.07. The van der Waals surface area contributed by atoms with Gasteiger partial charge in [0.25, 0.3) is 0 Å². The highest BCUT2D eigenvalue weighted by Crippen LogP contribution is 2.59. The van der Waals surface area contributed by atoms with Crippen LogP contribution in [0, 0.1) is 23.7 Å². The molecule has 4 aromatic rings. The molecular weight excluding hydrogens is 376 g/mol. The Morgan fingerprint density at radius 1 is 0.645 bits per heavy atom. The van der Waals surface area contributed by atoms with Gasteiger partial charge in [0.2, 0.25) is 0 Å². The van der Waals surface area contributed by atoms with Crippen molar-refractivity contribution in [3.63, 3.8) is 0 Å². The zero-order chi connectivity index (χ0) is 20.4. The number of imidazole rings is 1. The van der Waals surface area contributed by atoms with Gasteiger partial charge in [0.1, 0.15) is 5.82 Å². The lowest BCUT2D eigenvalue weighted by Crippen LogP contribution is -2.46. The summed E-state index contributed by atoms with van der Waals surface area (Å²) >= 11 is 0. The second-order valence-corrected chi connectivity index (χ2v) is 10.2. The zero-order valence-electron chi connectivity index (χ0n) is 17.8. The quantitative estimate of drug-likeness (QED) is 0.348. The van der Waals surface area contributed by atoms with E-state index in [9.17, 15) is 0 Å². The maximum Gasteiger partial charge on any atom is 0.140 e. The highest BCUT2D eigenvalue weighted by atomic mass is 15.1. The summed E-state index contributed by atoms with van der Waals surface area (Å²) in [7, 11) is 0. The van der Waals surface area contributed by atoms with Gasteiger partial charge in [0, 0.05) is 11.6 Å². The van der Waals surface area contributed by atoms with Crippen LogP contribution < -0.4 is 0 Å². The van der Waals surface area contributed by atoms with Crippen molar-refractivity contribution in [1.82, 2.24) is 9.55 Å². The fourth-order valence-electron chi connectivity index (χ4n) is 7.35. The third-order valence-corrected chi connectivity index (χ3v) is 8.35. The van der Waals surface area contributed by atoms with Crippen LogP contribution in [0.1, 0.15) is 38.1 Å². The largest absolute Gasteiger partial charge is 0.320 e. The molecule has 2 heteroatoms. The Balaban J connectivity index is 1.42. The molecule has 4 saturated carbocycles. The van der Waals surface area contributed by atoms with E-state index in [-0.39, 0.29) is 0 Å². The Bertz CT molecular complexity index is 1220. The zero-order valence-corrected chi connectivity index (χ0v) is 17.8. The molecule has 1 aromatic heterocycles. The number of hydrogen-bond acceptors (Lipinski definition) is 1. The first kappa shape index (κ1) is 17.8. The van der Waals surface area contributed by atoms with Crippen LogP contribution in [-0.2, 0) is 0 Å². The number of fused-ring (bicyclic) bond motifs is 1. The molecule has 1 heterocycles. The van der Waals surface area contributed by atoms with Crippen molar-refractivity contribution in [2.45, 2.75) is 38.1 Å². The number of rotatable bonds is 3. The molecule has 4 aliphatic carbocycles. The van der Waals surface area contributed by atoms with Gasteiger partial charge in [-0.3, -0.25) is 0 Å². The first-order valence-corrected chi connectivity index (χ1v) is 12.0. The summed E-state index contributed by atoms with van der Waals surface area (Å²) in [5.74, 6) is 4.74. The Labute approximate surface area is 183 Å². The first-order chi connectivity index (χ1) is 15.3. The van der Waals surface area contributed by atoms with Crippen LogP contribution in [0.3, 0.4) is 0 Å². The number of nitrogens with zero attached hydrogens (tertiary/aromatic N) is 2. The van der Waals surface area contributed by atoms with E-state index in [0.717, 1.165) is 29.5 Å². The van der Waals surface area contributed by atoms with Crippen LogP contribution in [0.25, 0.3) is 33.4 Å². The van der Waals surface area contributed by atoms with Gasteiger partial charge in [-0.1, -0.05) is 66.7 Å². The molecule has 0 unspecified atom stereocenters. The molecule has 0 radical (unpaired) electrons. The standard InChI is InChI=1S/C29H28N2/c1-2-7-22(8-3-1)27-18-30-29(24-11-10-21-6-4-5-9-23(21)17-24)31(27)28-25-13-19-12-20(15-25)16-26(28)14-19/h1-11,17-20,25-26,28H,12-16H2. The molecular formula is C29H28N2. The molecule has 4 bridgehead atoms. The Morgan fingerprint density at radius 3 is 2.06 bits per heavy atom. The second kappa shape index (κ2) is 6.82. The third-order valence-electron chi connectivity index (χ3n) is 8.35. The number of aromatic nitrogens is 2. The van der Waals surface area contributed by atoms with Gasteiger partial charge in [0.15, 0.2) is 0 Å². The van der Waals surface area contributed by atoms with E-state index >= 15 is 0 Å². The normalized spacial score (nSPS) is 29.0. The molecule has 0 amide bonds. The minimum absolute atomic E-state index is 0.590. The van der Waals surface area contributed by atoms with E-state index in [1.165, 1.54) is 59.7 Å². The second-order valence-electron chi connectivity index (χ2n) is 10.2. The Morgan fingerprint density at radius 2 is 1.32 bits per heavy atom. The first-order valence-electron chi connectivity index (χ1n) is 12.0. The van der Waals surface area contributed by atoms with E-state index in [1.54, 1.807) is 0 Å². The summed E-state index contributed by atoms with van der Waals surface area (Å²) in [6, 6.07) is 27.0. The van der Waals surface area contributed by atoms with E-state index in [4.69, 9.17) is 4.98 Å². The molecule has 0 saturated heterocycles. The summed E-state index contributed by atoms with van der Waals surface area (Å²) in [5, 5.41) is 2.59. The van der Waals surface area contributed by atoms with Gasteiger partial charge in [-0.25, -0.2) is 4.98 Å². The molecule has 2 nitrogen and oxygen atoms in total. The lowest BCUT2D eigenvalue weighted by molar-refractivity contribution is -0.0279. The van der Waals surface area contributed by atoms with Gasteiger partial charge >= 0.3 is 0 Å². The van der Waals surface area contributed by atoms with Gasteiger partial charge in [-0.2, -0.15) is 0 Å². The topological polar surface area (TPSA) is 17.8 Å². The van der Waals surface area contributed by atoms with Crippen molar-refractivity contribution in [2.24, 2.45) is 23.7 Å².